The van der Waals surface area contributed by atoms with E-state index in [-0.39, 0.29) is 5.41 Å². The van der Waals surface area contributed by atoms with Crippen LogP contribution >= 0.6 is 23.2 Å². The van der Waals surface area contributed by atoms with Crippen LogP contribution in [0.1, 0.15) is 37.0 Å². The highest BCUT2D eigenvalue weighted by Crippen LogP contribution is 2.43. The number of nitriles is 1. The summed E-state index contributed by atoms with van der Waals surface area (Å²) >= 11 is 12.6. The number of sulfonamides is 1. The number of aromatic amines is 1. The molecule has 0 amide bonds. The number of nitrogens with one attached hydrogen (secondary N) is 1. The van der Waals surface area contributed by atoms with Crippen LogP contribution in [0.4, 0.5) is 5.82 Å². The molecular weight excluding hydrogens is 585 g/mol. The summed E-state index contributed by atoms with van der Waals surface area (Å²) in [6, 6.07) is 9.66. The molecule has 41 heavy (non-hydrogen) atoms. The number of fused-ring (bicyclic) bond motifs is 1. The van der Waals surface area contributed by atoms with E-state index >= 15 is 0 Å². The van der Waals surface area contributed by atoms with Gasteiger partial charge in [-0.15, -0.1) is 0 Å². The molecule has 0 saturated carbocycles. The third-order valence-electron chi connectivity index (χ3n) is 7.85. The van der Waals surface area contributed by atoms with E-state index < -0.39 is 16.1 Å². The minimum atomic E-state index is -3.23. The first-order valence-electron chi connectivity index (χ1n) is 13.1. The van der Waals surface area contributed by atoms with Gasteiger partial charge in [-0.3, -0.25) is 10.1 Å². The molecule has 1 spiro atoms. The standard InChI is InChI=1S/C28H27Cl2N7O3S/c1-17(25-22(29)12-32-13-23(25)30)40-20-4-5-24-21(9-20)26(35-34-24)19-8-18(10-31)27(33-11-19)36-14-28(15-36)6-3-7-37(16-28)41(2,38)39/h4-5,8-9,11-13,17H,3,6-7,14-16H2,1-2H3,(H,34,35). The van der Waals surface area contributed by atoms with Crippen LogP contribution in [0.3, 0.4) is 0 Å². The van der Waals surface area contributed by atoms with Crippen molar-refractivity contribution in [3.63, 3.8) is 0 Å². The van der Waals surface area contributed by atoms with Crippen molar-refractivity contribution >= 4 is 49.9 Å². The Balaban J connectivity index is 1.24. The Kier molecular flexibility index (Phi) is 7.06. The smallest absolute Gasteiger partial charge is 0.211 e. The maximum Gasteiger partial charge on any atom is 0.211 e. The molecule has 1 N–H and O–H groups in total. The van der Waals surface area contributed by atoms with E-state index in [4.69, 9.17) is 27.9 Å². The van der Waals surface area contributed by atoms with Crippen molar-refractivity contribution in [1.29, 1.82) is 5.26 Å². The molecule has 6 rings (SSSR count). The summed E-state index contributed by atoms with van der Waals surface area (Å²) < 4.78 is 31.9. The number of rotatable bonds is 6. The largest absolute Gasteiger partial charge is 0.486 e. The second-order valence-electron chi connectivity index (χ2n) is 10.8. The summed E-state index contributed by atoms with van der Waals surface area (Å²) in [4.78, 5) is 10.7. The first-order chi connectivity index (χ1) is 19.6. The molecule has 1 unspecified atom stereocenters. The van der Waals surface area contributed by atoms with Gasteiger partial charge in [0.05, 0.1) is 27.4 Å². The van der Waals surface area contributed by atoms with Crippen LogP contribution in [0.25, 0.3) is 22.2 Å². The van der Waals surface area contributed by atoms with Crippen molar-refractivity contribution in [3.8, 4) is 23.1 Å². The molecule has 0 radical (unpaired) electrons. The van der Waals surface area contributed by atoms with E-state index in [1.54, 1.807) is 16.6 Å². The van der Waals surface area contributed by atoms with Crippen LogP contribution in [0.5, 0.6) is 5.75 Å². The third-order valence-corrected chi connectivity index (χ3v) is 9.70. The third kappa shape index (κ3) is 5.21. The lowest BCUT2D eigenvalue weighted by atomic mass is 9.74. The SMILES string of the molecule is CC(Oc1ccc2[nH]nc(-c3cnc(N4CC5(CCCN(S(C)(=O)=O)C5)C4)c(C#N)c3)c2c1)c1c(Cl)cncc1Cl. The molecule has 1 aromatic carbocycles. The molecule has 0 bridgehead atoms. The highest BCUT2D eigenvalue weighted by molar-refractivity contribution is 7.88. The lowest BCUT2D eigenvalue weighted by molar-refractivity contribution is 0.108. The first-order valence-corrected chi connectivity index (χ1v) is 15.7. The second-order valence-corrected chi connectivity index (χ2v) is 13.6. The average Bonchev–Trinajstić information content (AvgIpc) is 3.34. The zero-order valence-electron chi connectivity index (χ0n) is 22.4. The number of halogens is 2. The maximum absolute atomic E-state index is 12.1. The van der Waals surface area contributed by atoms with Crippen molar-refractivity contribution in [2.24, 2.45) is 5.41 Å². The van der Waals surface area contributed by atoms with Crippen LogP contribution in [0.2, 0.25) is 10.0 Å². The van der Waals surface area contributed by atoms with Gasteiger partial charge in [0.15, 0.2) is 0 Å². The zero-order chi connectivity index (χ0) is 28.9. The lowest BCUT2D eigenvalue weighted by Crippen LogP contribution is -2.63. The first kappa shape index (κ1) is 27.7. The molecule has 4 aromatic rings. The van der Waals surface area contributed by atoms with Crippen LogP contribution in [-0.4, -0.2) is 65.3 Å². The Hall–Kier alpha value is -3.43. The summed E-state index contributed by atoms with van der Waals surface area (Å²) in [6.07, 6.45) is 7.40. The van der Waals surface area contributed by atoms with E-state index in [9.17, 15) is 13.7 Å². The van der Waals surface area contributed by atoms with Gasteiger partial charge in [-0.1, -0.05) is 23.2 Å². The summed E-state index contributed by atoms with van der Waals surface area (Å²) in [7, 11) is -3.23. The number of H-pyrrole nitrogens is 1. The summed E-state index contributed by atoms with van der Waals surface area (Å²) in [6.45, 7) is 4.25. The average molecular weight is 613 g/mol. The van der Waals surface area contributed by atoms with Crippen LogP contribution in [0.15, 0.2) is 42.9 Å². The van der Waals surface area contributed by atoms with E-state index in [0.717, 1.165) is 23.7 Å². The molecule has 3 aromatic heterocycles. The molecule has 5 heterocycles. The Bertz CT molecular complexity index is 1780. The number of pyridine rings is 2. The second kappa shape index (κ2) is 10.4. The number of piperidine rings is 1. The number of anilines is 1. The minimum absolute atomic E-state index is 0.106. The van der Waals surface area contributed by atoms with Crippen molar-refractivity contribution in [2.45, 2.75) is 25.9 Å². The molecule has 2 aliphatic heterocycles. The topological polar surface area (TPSA) is 128 Å². The van der Waals surface area contributed by atoms with Crippen molar-refractivity contribution in [2.75, 3.05) is 37.3 Å². The molecule has 2 fully saturated rings. The fourth-order valence-corrected chi connectivity index (χ4v) is 7.54. The molecule has 2 aliphatic rings. The Labute approximate surface area is 247 Å². The van der Waals surface area contributed by atoms with E-state index in [1.807, 2.05) is 25.1 Å². The number of benzene rings is 1. The van der Waals surface area contributed by atoms with E-state index in [0.29, 0.717) is 70.2 Å². The highest BCUT2D eigenvalue weighted by atomic mass is 35.5. The Morgan fingerprint density at radius 1 is 1.15 bits per heavy atom. The zero-order valence-corrected chi connectivity index (χ0v) is 24.8. The van der Waals surface area contributed by atoms with Crippen molar-refractivity contribution < 1.29 is 13.2 Å². The van der Waals surface area contributed by atoms with Crippen LogP contribution in [0, 0.1) is 16.7 Å². The summed E-state index contributed by atoms with van der Waals surface area (Å²) in [5, 5.41) is 19.2. The number of nitrogens with zero attached hydrogens (tertiary/aromatic N) is 6. The van der Waals surface area contributed by atoms with Gasteiger partial charge in [0, 0.05) is 66.7 Å². The Morgan fingerprint density at radius 2 is 1.90 bits per heavy atom. The maximum atomic E-state index is 12.1. The minimum Gasteiger partial charge on any atom is -0.486 e. The van der Waals surface area contributed by atoms with E-state index in [2.05, 4.69) is 31.1 Å². The van der Waals surface area contributed by atoms with Gasteiger partial charge in [-0.25, -0.2) is 17.7 Å². The molecular formula is C28H27Cl2N7O3S. The van der Waals surface area contributed by atoms with Gasteiger partial charge >= 0.3 is 0 Å². The van der Waals surface area contributed by atoms with Gasteiger partial charge in [0.2, 0.25) is 10.0 Å². The number of ether oxygens (including phenoxy) is 1. The molecule has 212 valence electrons. The van der Waals surface area contributed by atoms with Crippen LogP contribution < -0.4 is 9.64 Å². The number of hydrogen-bond donors (Lipinski definition) is 1. The van der Waals surface area contributed by atoms with E-state index in [1.165, 1.54) is 18.6 Å². The molecule has 2 saturated heterocycles. The lowest BCUT2D eigenvalue weighted by Gasteiger charge is -2.54. The van der Waals surface area contributed by atoms with Gasteiger partial charge < -0.3 is 9.64 Å². The summed E-state index contributed by atoms with van der Waals surface area (Å²) in [5.74, 6) is 1.20. The predicted octanol–water partition coefficient (Wildman–Crippen LogP) is 5.20. The van der Waals surface area contributed by atoms with Gasteiger partial charge in [-0.2, -0.15) is 10.4 Å². The fourth-order valence-electron chi connectivity index (χ4n) is 5.90. The van der Waals surface area contributed by atoms with Gasteiger partial charge in [0.1, 0.15) is 29.4 Å². The summed E-state index contributed by atoms with van der Waals surface area (Å²) in [5.41, 5.74) is 3.12. The Morgan fingerprint density at radius 3 is 2.61 bits per heavy atom. The van der Waals surface area contributed by atoms with Gasteiger partial charge in [-0.05, 0) is 44.0 Å². The molecule has 0 aliphatic carbocycles. The molecule has 10 nitrogen and oxygen atoms in total. The number of aromatic nitrogens is 4. The fraction of sp³-hybridized carbons (Fsp3) is 0.357. The van der Waals surface area contributed by atoms with Crippen molar-refractivity contribution in [3.05, 3.63) is 64.0 Å². The van der Waals surface area contributed by atoms with Crippen LogP contribution in [-0.2, 0) is 10.0 Å². The molecule has 1 atom stereocenters. The predicted molar refractivity (Wildman–Crippen MR) is 158 cm³/mol. The normalized spacial score (nSPS) is 17.8. The number of hydrogen-bond acceptors (Lipinski definition) is 8. The molecule has 13 heteroatoms. The monoisotopic (exact) mass is 611 g/mol. The van der Waals surface area contributed by atoms with Gasteiger partial charge in [0.25, 0.3) is 0 Å². The quantitative estimate of drug-likeness (QED) is 0.315. The van der Waals surface area contributed by atoms with Crippen molar-refractivity contribution in [1.82, 2.24) is 24.5 Å². The highest BCUT2D eigenvalue weighted by Gasteiger charge is 2.48.